The summed E-state index contributed by atoms with van der Waals surface area (Å²) in [5.74, 6) is -0.770. The lowest BCUT2D eigenvalue weighted by Crippen LogP contribution is -2.28. The van der Waals surface area contributed by atoms with Crippen LogP contribution in [0.2, 0.25) is 4.34 Å². The molecule has 16 heavy (non-hydrogen) atoms. The van der Waals surface area contributed by atoms with Crippen LogP contribution < -0.4 is 0 Å². The fraction of sp³-hybridized carbons (Fsp3) is 0.667. The van der Waals surface area contributed by atoms with Crippen molar-refractivity contribution in [2.75, 3.05) is 6.54 Å². The highest BCUT2D eigenvalue weighted by Crippen LogP contribution is 2.29. The van der Waals surface area contributed by atoms with E-state index < -0.39 is 5.97 Å². The van der Waals surface area contributed by atoms with Gasteiger partial charge in [-0.2, -0.15) is 0 Å². The molecule has 1 aliphatic rings. The molecule has 0 spiro atoms. The van der Waals surface area contributed by atoms with Crippen LogP contribution >= 0.6 is 23.1 Å². The summed E-state index contributed by atoms with van der Waals surface area (Å²) in [7, 11) is 0. The summed E-state index contributed by atoms with van der Waals surface area (Å²) in [6, 6.07) is 0.497. The number of carbonyl (C=O) groups is 1. The fourth-order valence-electron chi connectivity index (χ4n) is 1.55. The van der Waals surface area contributed by atoms with Gasteiger partial charge in [0, 0.05) is 30.7 Å². The van der Waals surface area contributed by atoms with Crippen LogP contribution in [0.4, 0.5) is 0 Å². The van der Waals surface area contributed by atoms with Crippen molar-refractivity contribution in [3.05, 3.63) is 10.0 Å². The number of hydrogen-bond donors (Lipinski definition) is 1. The maximum atomic E-state index is 10.5. The van der Waals surface area contributed by atoms with Gasteiger partial charge in [0.25, 0.3) is 0 Å². The van der Waals surface area contributed by atoms with Crippen LogP contribution in [-0.4, -0.2) is 38.1 Å². The third kappa shape index (κ3) is 3.13. The lowest BCUT2D eigenvalue weighted by molar-refractivity contribution is -0.137. The number of halogens is 1. The van der Waals surface area contributed by atoms with Gasteiger partial charge in [-0.05, 0) is 12.8 Å². The van der Waals surface area contributed by atoms with Gasteiger partial charge in [-0.1, -0.05) is 16.1 Å². The Morgan fingerprint density at radius 2 is 2.38 bits per heavy atom. The predicted octanol–water partition coefficient (Wildman–Crippen LogP) is 1.63. The van der Waals surface area contributed by atoms with Crippen LogP contribution in [-0.2, 0) is 11.3 Å². The van der Waals surface area contributed by atoms with E-state index in [1.165, 1.54) is 0 Å². The van der Waals surface area contributed by atoms with Crippen molar-refractivity contribution in [3.63, 3.8) is 0 Å². The molecule has 0 aliphatic heterocycles. The van der Waals surface area contributed by atoms with Crippen molar-refractivity contribution in [2.24, 2.45) is 0 Å². The molecule has 1 saturated carbocycles. The van der Waals surface area contributed by atoms with Gasteiger partial charge >= 0.3 is 5.97 Å². The van der Waals surface area contributed by atoms with E-state index in [2.05, 4.69) is 14.5 Å². The van der Waals surface area contributed by atoms with Gasteiger partial charge in [0.2, 0.25) is 0 Å². The average molecular weight is 262 g/mol. The van der Waals surface area contributed by atoms with Crippen LogP contribution in [0, 0.1) is 0 Å². The van der Waals surface area contributed by atoms with E-state index >= 15 is 0 Å². The second-order valence-corrected chi connectivity index (χ2v) is 5.19. The molecule has 1 N–H and O–H groups in total. The molecule has 1 aromatic rings. The van der Waals surface area contributed by atoms with Crippen molar-refractivity contribution in [2.45, 2.75) is 31.8 Å². The molecule has 0 bridgehead atoms. The standard InChI is InChI=1S/C9H12ClN3O2S/c10-9-7(11-12-16-9)5-13(6-1-2-6)4-3-8(14)15/h6H,1-5H2,(H,14,15). The molecule has 88 valence electrons. The van der Waals surface area contributed by atoms with E-state index in [9.17, 15) is 4.79 Å². The van der Waals surface area contributed by atoms with Gasteiger partial charge in [0.1, 0.15) is 10.0 Å². The molecule has 0 aromatic carbocycles. The molecule has 0 amide bonds. The molecule has 1 aromatic heterocycles. The van der Waals surface area contributed by atoms with Crippen LogP contribution in [0.3, 0.4) is 0 Å². The molecular formula is C9H12ClN3O2S. The Balaban J connectivity index is 1.92. The Morgan fingerprint density at radius 1 is 1.62 bits per heavy atom. The fourth-order valence-corrected chi connectivity index (χ4v) is 2.17. The molecule has 1 heterocycles. The summed E-state index contributed by atoms with van der Waals surface area (Å²) in [6.45, 7) is 1.15. The first-order chi connectivity index (χ1) is 7.66. The minimum atomic E-state index is -0.770. The quantitative estimate of drug-likeness (QED) is 0.843. The summed E-state index contributed by atoms with van der Waals surface area (Å²) in [6.07, 6.45) is 2.43. The number of hydrogen-bond acceptors (Lipinski definition) is 5. The zero-order chi connectivity index (χ0) is 11.5. The highest BCUT2D eigenvalue weighted by molar-refractivity contribution is 7.10. The molecule has 0 radical (unpaired) electrons. The number of aromatic nitrogens is 2. The summed E-state index contributed by atoms with van der Waals surface area (Å²) < 4.78 is 4.36. The van der Waals surface area contributed by atoms with Crippen LogP contribution in [0.5, 0.6) is 0 Å². The van der Waals surface area contributed by atoms with Crippen LogP contribution in [0.25, 0.3) is 0 Å². The van der Waals surface area contributed by atoms with E-state index in [0.29, 0.717) is 23.5 Å². The van der Waals surface area contributed by atoms with Gasteiger partial charge in [0.15, 0.2) is 0 Å². The van der Waals surface area contributed by atoms with Crippen molar-refractivity contribution in [1.82, 2.24) is 14.5 Å². The van der Waals surface area contributed by atoms with Crippen molar-refractivity contribution in [1.29, 1.82) is 0 Å². The third-order valence-corrected chi connectivity index (χ3v) is 3.52. The predicted molar refractivity (Wildman–Crippen MR) is 60.6 cm³/mol. The molecule has 0 unspecified atom stereocenters. The summed E-state index contributed by atoms with van der Waals surface area (Å²) >= 11 is 7.09. The number of aliphatic carboxylic acids is 1. The van der Waals surface area contributed by atoms with E-state index in [4.69, 9.17) is 16.7 Å². The lowest BCUT2D eigenvalue weighted by atomic mass is 10.3. The summed E-state index contributed by atoms with van der Waals surface area (Å²) in [4.78, 5) is 12.7. The second-order valence-electron chi connectivity index (χ2n) is 3.84. The first-order valence-electron chi connectivity index (χ1n) is 5.09. The van der Waals surface area contributed by atoms with Gasteiger partial charge in [-0.15, -0.1) is 5.10 Å². The maximum Gasteiger partial charge on any atom is 0.304 e. The van der Waals surface area contributed by atoms with Gasteiger partial charge in [-0.3, -0.25) is 9.69 Å². The number of nitrogens with zero attached hydrogens (tertiary/aromatic N) is 3. The minimum absolute atomic E-state index is 0.158. The maximum absolute atomic E-state index is 10.5. The largest absolute Gasteiger partial charge is 0.481 e. The molecule has 5 nitrogen and oxygen atoms in total. The van der Waals surface area contributed by atoms with Gasteiger partial charge < -0.3 is 5.11 Å². The van der Waals surface area contributed by atoms with Crippen LogP contribution in [0.1, 0.15) is 25.0 Å². The Hall–Kier alpha value is -0.720. The first kappa shape index (κ1) is 11.8. The number of carboxylic acid groups (broad SMARTS) is 1. The third-order valence-electron chi connectivity index (χ3n) is 2.54. The molecular weight excluding hydrogens is 250 g/mol. The molecule has 7 heteroatoms. The Morgan fingerprint density at radius 3 is 2.88 bits per heavy atom. The van der Waals surface area contributed by atoms with Crippen molar-refractivity contribution in [3.8, 4) is 0 Å². The lowest BCUT2D eigenvalue weighted by Gasteiger charge is -2.19. The highest BCUT2D eigenvalue weighted by Gasteiger charge is 2.30. The van der Waals surface area contributed by atoms with Crippen molar-refractivity contribution >= 4 is 29.1 Å². The first-order valence-corrected chi connectivity index (χ1v) is 6.24. The zero-order valence-electron chi connectivity index (χ0n) is 8.60. The monoisotopic (exact) mass is 261 g/mol. The molecule has 1 fully saturated rings. The van der Waals surface area contributed by atoms with E-state index in [0.717, 1.165) is 30.1 Å². The summed E-state index contributed by atoms with van der Waals surface area (Å²) in [5.41, 5.74) is 0.754. The highest BCUT2D eigenvalue weighted by atomic mass is 35.5. The zero-order valence-corrected chi connectivity index (χ0v) is 10.2. The molecule has 0 atom stereocenters. The molecule has 1 aliphatic carbocycles. The Labute approximate surface area is 102 Å². The van der Waals surface area contributed by atoms with Crippen molar-refractivity contribution < 1.29 is 9.90 Å². The van der Waals surface area contributed by atoms with Crippen LogP contribution in [0.15, 0.2) is 0 Å². The van der Waals surface area contributed by atoms with E-state index in [-0.39, 0.29) is 6.42 Å². The topological polar surface area (TPSA) is 66.3 Å². The number of carboxylic acids is 1. The van der Waals surface area contributed by atoms with E-state index in [1.807, 2.05) is 0 Å². The molecule has 0 saturated heterocycles. The second kappa shape index (κ2) is 5.07. The average Bonchev–Trinajstić information content (AvgIpc) is 2.99. The minimum Gasteiger partial charge on any atom is -0.481 e. The van der Waals surface area contributed by atoms with Gasteiger partial charge in [0.05, 0.1) is 6.42 Å². The smallest absolute Gasteiger partial charge is 0.304 e. The Kier molecular flexibility index (Phi) is 3.73. The normalized spacial score (nSPS) is 15.6. The Bertz CT molecular complexity index is 381. The number of rotatable bonds is 6. The van der Waals surface area contributed by atoms with Gasteiger partial charge in [-0.25, -0.2) is 0 Å². The van der Waals surface area contributed by atoms with E-state index in [1.54, 1.807) is 0 Å². The molecule has 2 rings (SSSR count). The summed E-state index contributed by atoms with van der Waals surface area (Å²) in [5, 5.41) is 12.6. The SMILES string of the molecule is O=C(O)CCN(Cc1nnsc1Cl)C1CC1.